The number of carbonyl (C=O) groups is 1. The zero-order chi connectivity index (χ0) is 16.7. The molecule has 0 spiro atoms. The fourth-order valence-electron chi connectivity index (χ4n) is 2.70. The van der Waals surface area contributed by atoms with Crippen molar-refractivity contribution in [1.29, 1.82) is 0 Å². The molecule has 1 N–H and O–H groups in total. The molecule has 1 aliphatic heterocycles. The molecule has 2 aromatic carbocycles. The number of para-hydroxylation sites is 1. The van der Waals surface area contributed by atoms with Gasteiger partial charge in [-0.3, -0.25) is 9.69 Å². The number of aromatic hydroxyl groups is 1. The first kappa shape index (κ1) is 15.3. The van der Waals surface area contributed by atoms with Crippen LogP contribution >= 0.6 is 23.1 Å². The van der Waals surface area contributed by atoms with Gasteiger partial charge in [0.2, 0.25) is 5.91 Å². The molecule has 24 heavy (non-hydrogen) atoms. The molecule has 2 heterocycles. The number of phenolic OH excluding ortho intramolecular Hbond substituents is 1. The minimum absolute atomic E-state index is 0.0381. The van der Waals surface area contributed by atoms with Crippen molar-refractivity contribution in [2.45, 2.75) is 5.37 Å². The lowest BCUT2D eigenvalue weighted by Crippen LogP contribution is -2.27. The molecular formula is C17H14N2O3S2. The maximum atomic E-state index is 12.4. The van der Waals surface area contributed by atoms with Crippen molar-refractivity contribution < 1.29 is 14.6 Å². The van der Waals surface area contributed by atoms with Gasteiger partial charge in [-0.25, -0.2) is 4.98 Å². The van der Waals surface area contributed by atoms with E-state index >= 15 is 0 Å². The Labute approximate surface area is 146 Å². The van der Waals surface area contributed by atoms with E-state index in [0.29, 0.717) is 16.6 Å². The van der Waals surface area contributed by atoms with Gasteiger partial charge < -0.3 is 9.84 Å². The van der Waals surface area contributed by atoms with Crippen LogP contribution in [0, 0.1) is 0 Å². The van der Waals surface area contributed by atoms with Crippen molar-refractivity contribution >= 4 is 44.4 Å². The molecule has 1 unspecified atom stereocenters. The first-order chi connectivity index (χ1) is 11.7. The molecule has 1 amide bonds. The highest BCUT2D eigenvalue weighted by Crippen LogP contribution is 2.45. The molecular weight excluding hydrogens is 344 g/mol. The molecule has 0 radical (unpaired) electrons. The molecule has 122 valence electrons. The molecule has 1 atom stereocenters. The number of hydrogen-bond donors (Lipinski definition) is 1. The molecule has 0 aliphatic carbocycles. The van der Waals surface area contributed by atoms with Crippen LogP contribution in [0.2, 0.25) is 0 Å². The smallest absolute Gasteiger partial charge is 0.240 e. The van der Waals surface area contributed by atoms with E-state index in [2.05, 4.69) is 4.98 Å². The molecule has 0 bridgehead atoms. The van der Waals surface area contributed by atoms with Crippen molar-refractivity contribution in [3.05, 3.63) is 48.0 Å². The Morgan fingerprint density at radius 2 is 2.04 bits per heavy atom. The number of aromatic nitrogens is 1. The summed E-state index contributed by atoms with van der Waals surface area (Å²) in [6.07, 6.45) is 0. The number of nitrogens with zero attached hydrogens (tertiary/aromatic N) is 2. The number of ether oxygens (including phenoxy) is 1. The Morgan fingerprint density at radius 3 is 2.79 bits per heavy atom. The van der Waals surface area contributed by atoms with Crippen molar-refractivity contribution in [2.24, 2.45) is 0 Å². The highest BCUT2D eigenvalue weighted by Gasteiger charge is 2.36. The number of fused-ring (bicyclic) bond motifs is 1. The van der Waals surface area contributed by atoms with Gasteiger partial charge >= 0.3 is 0 Å². The van der Waals surface area contributed by atoms with E-state index in [9.17, 15) is 9.90 Å². The lowest BCUT2D eigenvalue weighted by Gasteiger charge is -2.21. The summed E-state index contributed by atoms with van der Waals surface area (Å²) in [7, 11) is 1.61. The first-order valence-electron chi connectivity index (χ1n) is 7.33. The Bertz CT molecular complexity index is 908. The molecule has 3 aromatic rings. The second kappa shape index (κ2) is 5.99. The minimum Gasteiger partial charge on any atom is -0.508 e. The van der Waals surface area contributed by atoms with Gasteiger partial charge in [-0.1, -0.05) is 29.5 Å². The largest absolute Gasteiger partial charge is 0.508 e. The number of amides is 1. The monoisotopic (exact) mass is 358 g/mol. The van der Waals surface area contributed by atoms with E-state index < -0.39 is 0 Å². The third kappa shape index (κ3) is 2.50. The van der Waals surface area contributed by atoms with Crippen molar-refractivity contribution in [1.82, 2.24) is 4.98 Å². The first-order valence-corrected chi connectivity index (χ1v) is 9.20. The fourth-order valence-corrected chi connectivity index (χ4v) is 4.95. The van der Waals surface area contributed by atoms with E-state index in [0.717, 1.165) is 15.8 Å². The van der Waals surface area contributed by atoms with E-state index in [1.165, 1.54) is 11.3 Å². The van der Waals surface area contributed by atoms with E-state index in [1.807, 2.05) is 30.3 Å². The van der Waals surface area contributed by atoms with E-state index in [4.69, 9.17) is 4.74 Å². The van der Waals surface area contributed by atoms with Crippen LogP contribution in [-0.2, 0) is 4.79 Å². The highest BCUT2D eigenvalue weighted by atomic mass is 32.2. The molecule has 5 nitrogen and oxygen atoms in total. The van der Waals surface area contributed by atoms with Crippen molar-refractivity contribution in [3.63, 3.8) is 0 Å². The van der Waals surface area contributed by atoms with E-state index in [-0.39, 0.29) is 17.0 Å². The lowest BCUT2D eigenvalue weighted by atomic mass is 10.2. The molecule has 4 rings (SSSR count). The molecule has 1 aromatic heterocycles. The second-order valence-electron chi connectivity index (χ2n) is 5.32. The number of thioether (sulfide) groups is 1. The summed E-state index contributed by atoms with van der Waals surface area (Å²) in [6, 6.07) is 12.7. The average molecular weight is 358 g/mol. The summed E-state index contributed by atoms with van der Waals surface area (Å²) in [5.41, 5.74) is 1.74. The average Bonchev–Trinajstić information content (AvgIpc) is 3.18. The second-order valence-corrected chi connectivity index (χ2v) is 7.40. The SMILES string of the molecule is COc1cccc2sc(N3C(=O)CSC3c3ccc(O)cc3)nc12. The summed E-state index contributed by atoms with van der Waals surface area (Å²) < 4.78 is 6.35. The summed E-state index contributed by atoms with van der Waals surface area (Å²) in [6.45, 7) is 0. The van der Waals surface area contributed by atoms with Gasteiger partial charge in [0.25, 0.3) is 0 Å². The summed E-state index contributed by atoms with van der Waals surface area (Å²) >= 11 is 3.04. The molecule has 1 aliphatic rings. The van der Waals surface area contributed by atoms with Gasteiger partial charge in [-0.15, -0.1) is 11.8 Å². The zero-order valence-electron chi connectivity index (χ0n) is 12.8. The predicted octanol–water partition coefficient (Wildman–Crippen LogP) is 3.79. The Balaban J connectivity index is 1.78. The number of phenols is 1. The Kier molecular flexibility index (Phi) is 3.82. The molecule has 0 saturated carbocycles. The van der Waals surface area contributed by atoms with Crippen LogP contribution in [0.25, 0.3) is 10.2 Å². The third-order valence-corrected chi connectivity index (χ3v) is 6.08. The van der Waals surface area contributed by atoms with E-state index in [1.54, 1.807) is 35.9 Å². The van der Waals surface area contributed by atoms with Crippen LogP contribution in [0.1, 0.15) is 10.9 Å². The van der Waals surface area contributed by atoms with Crippen LogP contribution in [0.3, 0.4) is 0 Å². The zero-order valence-corrected chi connectivity index (χ0v) is 14.4. The van der Waals surface area contributed by atoms with Gasteiger partial charge in [0.05, 0.1) is 17.6 Å². The van der Waals surface area contributed by atoms with Gasteiger partial charge in [-0.05, 0) is 29.8 Å². The van der Waals surface area contributed by atoms with Crippen LogP contribution in [0.15, 0.2) is 42.5 Å². The van der Waals surface area contributed by atoms with Crippen molar-refractivity contribution in [2.75, 3.05) is 17.8 Å². The van der Waals surface area contributed by atoms with Crippen LogP contribution in [0.5, 0.6) is 11.5 Å². The van der Waals surface area contributed by atoms with Gasteiger partial charge in [0.15, 0.2) is 5.13 Å². The summed E-state index contributed by atoms with van der Waals surface area (Å²) in [4.78, 5) is 18.8. The lowest BCUT2D eigenvalue weighted by molar-refractivity contribution is -0.115. The summed E-state index contributed by atoms with van der Waals surface area (Å²) in [5.74, 6) is 1.37. The maximum Gasteiger partial charge on any atom is 0.240 e. The quantitative estimate of drug-likeness (QED) is 0.772. The van der Waals surface area contributed by atoms with Crippen LogP contribution < -0.4 is 9.64 Å². The predicted molar refractivity (Wildman–Crippen MR) is 97.0 cm³/mol. The number of anilines is 1. The number of benzene rings is 2. The number of rotatable bonds is 3. The molecule has 7 heteroatoms. The highest BCUT2D eigenvalue weighted by molar-refractivity contribution is 8.00. The van der Waals surface area contributed by atoms with Gasteiger partial charge in [0, 0.05) is 0 Å². The van der Waals surface area contributed by atoms with Gasteiger partial charge in [-0.2, -0.15) is 0 Å². The summed E-state index contributed by atoms with van der Waals surface area (Å²) in [5, 5.41) is 10.0. The molecule has 1 fully saturated rings. The minimum atomic E-state index is -0.135. The topological polar surface area (TPSA) is 62.7 Å². The fraction of sp³-hybridized carbons (Fsp3) is 0.176. The standard InChI is InChI=1S/C17H14N2O3S2/c1-22-12-3-2-4-13-15(12)18-17(24-13)19-14(21)9-23-16(19)10-5-7-11(20)8-6-10/h2-8,16,20H,9H2,1H3. The van der Waals surface area contributed by atoms with Crippen LogP contribution in [0.4, 0.5) is 5.13 Å². The Morgan fingerprint density at radius 1 is 1.25 bits per heavy atom. The van der Waals surface area contributed by atoms with Crippen molar-refractivity contribution in [3.8, 4) is 11.5 Å². The number of methoxy groups -OCH3 is 1. The Hall–Kier alpha value is -2.25. The number of carbonyl (C=O) groups excluding carboxylic acids is 1. The molecule has 1 saturated heterocycles. The number of hydrogen-bond acceptors (Lipinski definition) is 6. The number of thiazole rings is 1. The van der Waals surface area contributed by atoms with Crippen LogP contribution in [-0.4, -0.2) is 28.9 Å². The van der Waals surface area contributed by atoms with Gasteiger partial charge in [0.1, 0.15) is 22.4 Å². The maximum absolute atomic E-state index is 12.4. The third-order valence-electron chi connectivity index (χ3n) is 3.84. The normalized spacial score (nSPS) is 17.6.